The van der Waals surface area contributed by atoms with E-state index in [1.807, 2.05) is 18.2 Å². The number of benzene rings is 3. The Labute approximate surface area is 172 Å². The van der Waals surface area contributed by atoms with Crippen LogP contribution in [0, 0.1) is 5.41 Å². The minimum absolute atomic E-state index is 0.560. The summed E-state index contributed by atoms with van der Waals surface area (Å²) in [6, 6.07) is 23.3. The van der Waals surface area contributed by atoms with E-state index in [0.29, 0.717) is 5.92 Å². The Bertz CT molecular complexity index is 1020. The van der Waals surface area contributed by atoms with Gasteiger partial charge in [-0.2, -0.15) is 0 Å². The fourth-order valence-electron chi connectivity index (χ4n) is 4.08. The van der Waals surface area contributed by atoms with Crippen molar-refractivity contribution in [1.82, 2.24) is 0 Å². The van der Waals surface area contributed by atoms with Gasteiger partial charge in [0.15, 0.2) is 0 Å². The van der Waals surface area contributed by atoms with E-state index in [1.54, 1.807) is 7.11 Å². The van der Waals surface area contributed by atoms with E-state index >= 15 is 0 Å². The first-order valence-corrected chi connectivity index (χ1v) is 10.2. The largest absolute Gasteiger partial charge is 0.496 e. The number of nitrogens with zero attached hydrogens (tertiary/aromatic N) is 1. The van der Waals surface area contributed by atoms with Crippen LogP contribution in [0.4, 0.5) is 5.69 Å². The molecule has 0 fully saturated rings. The molecule has 0 spiro atoms. The molecule has 0 saturated heterocycles. The maximum Gasteiger partial charge on any atom is 0.127 e. The van der Waals surface area contributed by atoms with Crippen LogP contribution in [0.2, 0.25) is 0 Å². The van der Waals surface area contributed by atoms with Crippen molar-refractivity contribution in [3.63, 3.8) is 0 Å². The fraction of sp³-hybridized carbons (Fsp3) is 0.231. The van der Waals surface area contributed by atoms with E-state index in [2.05, 4.69) is 59.7 Å². The number of aryl methyl sites for hydroxylation is 1. The van der Waals surface area contributed by atoms with E-state index in [0.717, 1.165) is 53.8 Å². The van der Waals surface area contributed by atoms with Crippen molar-refractivity contribution in [2.75, 3.05) is 7.11 Å². The third-order valence-electron chi connectivity index (χ3n) is 5.71. The van der Waals surface area contributed by atoms with Gasteiger partial charge < -0.3 is 10.1 Å². The summed E-state index contributed by atoms with van der Waals surface area (Å²) in [6.07, 6.45) is 7.81. The lowest BCUT2D eigenvalue weighted by Crippen LogP contribution is -2.01. The quantitative estimate of drug-likeness (QED) is 0.481. The third kappa shape index (κ3) is 4.29. The lowest BCUT2D eigenvalue weighted by molar-refractivity contribution is 0.414. The van der Waals surface area contributed by atoms with Gasteiger partial charge in [0.2, 0.25) is 0 Å². The van der Waals surface area contributed by atoms with Gasteiger partial charge in [0.1, 0.15) is 5.75 Å². The molecule has 0 aromatic heterocycles. The molecule has 0 radical (unpaired) electrons. The van der Waals surface area contributed by atoms with Gasteiger partial charge in [0, 0.05) is 18.0 Å². The molecule has 3 aromatic rings. The number of rotatable bonds is 6. The first kappa shape index (κ1) is 19.1. The first-order valence-electron chi connectivity index (χ1n) is 10.2. The van der Waals surface area contributed by atoms with Crippen LogP contribution in [0.25, 0.3) is 11.1 Å². The summed E-state index contributed by atoms with van der Waals surface area (Å²) in [5, 5.41) is 7.59. The zero-order chi connectivity index (χ0) is 20.1. The summed E-state index contributed by atoms with van der Waals surface area (Å²) in [7, 11) is 1.63. The summed E-state index contributed by atoms with van der Waals surface area (Å²) in [5.41, 5.74) is 6.93. The van der Waals surface area contributed by atoms with Crippen LogP contribution in [0.15, 0.2) is 71.7 Å². The van der Waals surface area contributed by atoms with Crippen molar-refractivity contribution in [2.24, 2.45) is 4.99 Å². The molecule has 1 atom stereocenters. The molecule has 4 rings (SSSR count). The molecule has 1 aliphatic heterocycles. The molecular formula is C26H26N2O. The Morgan fingerprint density at radius 1 is 1.03 bits per heavy atom. The van der Waals surface area contributed by atoms with Crippen molar-refractivity contribution in [1.29, 1.82) is 5.41 Å². The number of aliphatic imine (C=N–C) groups is 1. The predicted molar refractivity (Wildman–Crippen MR) is 121 cm³/mol. The molecule has 0 amide bonds. The Morgan fingerprint density at radius 2 is 1.83 bits per heavy atom. The summed E-state index contributed by atoms with van der Waals surface area (Å²) >= 11 is 0. The molecule has 146 valence electrons. The van der Waals surface area contributed by atoms with Gasteiger partial charge in [-0.25, -0.2) is 0 Å². The highest BCUT2D eigenvalue weighted by molar-refractivity contribution is 5.84. The lowest BCUT2D eigenvalue weighted by atomic mass is 9.88. The van der Waals surface area contributed by atoms with Crippen molar-refractivity contribution in [3.05, 3.63) is 83.4 Å². The van der Waals surface area contributed by atoms with Gasteiger partial charge in [-0.1, -0.05) is 48.5 Å². The van der Waals surface area contributed by atoms with Crippen LogP contribution in [-0.4, -0.2) is 19.5 Å². The second-order valence-corrected chi connectivity index (χ2v) is 7.48. The Morgan fingerprint density at radius 3 is 2.62 bits per heavy atom. The maximum atomic E-state index is 7.59. The standard InChI is InChI=1S/C26H26N2O/c1-29-26-15-14-22(17-23(26)18-27)20-11-8-19(9-12-20)10-13-21-5-4-16-28-25-7-3-2-6-24(21)25/h2-3,6-9,11-12,14-18,21,27H,4-5,10,13H2,1H3. The van der Waals surface area contributed by atoms with E-state index in [9.17, 15) is 0 Å². The molecule has 29 heavy (non-hydrogen) atoms. The highest BCUT2D eigenvalue weighted by atomic mass is 16.5. The number of hydrogen-bond donors (Lipinski definition) is 1. The molecule has 1 aliphatic rings. The number of hydrogen-bond acceptors (Lipinski definition) is 3. The van der Waals surface area contributed by atoms with Crippen molar-refractivity contribution in [2.45, 2.75) is 31.6 Å². The number of ether oxygens (including phenoxy) is 1. The Hall–Kier alpha value is -3.20. The molecule has 1 unspecified atom stereocenters. The minimum Gasteiger partial charge on any atom is -0.496 e. The van der Waals surface area contributed by atoms with Crippen LogP contribution < -0.4 is 4.74 Å². The molecule has 3 heteroatoms. The monoisotopic (exact) mass is 382 g/mol. The molecule has 0 saturated carbocycles. The topological polar surface area (TPSA) is 45.4 Å². The van der Waals surface area contributed by atoms with E-state index in [4.69, 9.17) is 10.1 Å². The average molecular weight is 383 g/mol. The summed E-state index contributed by atoms with van der Waals surface area (Å²) in [5.74, 6) is 1.29. The summed E-state index contributed by atoms with van der Waals surface area (Å²) < 4.78 is 5.31. The number of methoxy groups -OCH3 is 1. The second-order valence-electron chi connectivity index (χ2n) is 7.48. The van der Waals surface area contributed by atoms with E-state index in [1.165, 1.54) is 17.3 Å². The number of fused-ring (bicyclic) bond motifs is 1. The smallest absolute Gasteiger partial charge is 0.127 e. The van der Waals surface area contributed by atoms with Gasteiger partial charge in [-0.15, -0.1) is 0 Å². The predicted octanol–water partition coefficient (Wildman–Crippen LogP) is 6.57. The SMILES string of the molecule is COc1ccc(-c2ccc(CCC3CCC=Nc4ccccc43)cc2)cc1C=N. The molecule has 3 aromatic carbocycles. The van der Waals surface area contributed by atoms with Crippen LogP contribution in [0.1, 0.15) is 41.9 Å². The van der Waals surface area contributed by atoms with E-state index < -0.39 is 0 Å². The second kappa shape index (κ2) is 8.87. The highest BCUT2D eigenvalue weighted by Crippen LogP contribution is 2.35. The van der Waals surface area contributed by atoms with Crippen molar-refractivity contribution < 1.29 is 4.74 Å². The summed E-state index contributed by atoms with van der Waals surface area (Å²) in [4.78, 5) is 4.61. The lowest BCUT2D eigenvalue weighted by Gasteiger charge is -2.17. The molecule has 1 N–H and O–H groups in total. The number of para-hydroxylation sites is 1. The van der Waals surface area contributed by atoms with Crippen molar-refractivity contribution in [3.8, 4) is 16.9 Å². The number of nitrogens with one attached hydrogen (secondary N) is 1. The first-order chi connectivity index (χ1) is 14.3. The van der Waals surface area contributed by atoms with Crippen molar-refractivity contribution >= 4 is 18.1 Å². The van der Waals surface area contributed by atoms with Gasteiger partial charge in [-0.05, 0) is 72.1 Å². The fourth-order valence-corrected chi connectivity index (χ4v) is 4.08. The zero-order valence-corrected chi connectivity index (χ0v) is 16.8. The minimum atomic E-state index is 0.560. The highest BCUT2D eigenvalue weighted by Gasteiger charge is 2.16. The van der Waals surface area contributed by atoms with Crippen LogP contribution in [0.3, 0.4) is 0 Å². The third-order valence-corrected chi connectivity index (χ3v) is 5.71. The van der Waals surface area contributed by atoms with Crippen LogP contribution in [0.5, 0.6) is 5.75 Å². The Balaban J connectivity index is 1.46. The molecular weight excluding hydrogens is 356 g/mol. The van der Waals surface area contributed by atoms with Gasteiger partial charge in [0.05, 0.1) is 12.8 Å². The summed E-state index contributed by atoms with van der Waals surface area (Å²) in [6.45, 7) is 0. The van der Waals surface area contributed by atoms with Crippen LogP contribution in [-0.2, 0) is 6.42 Å². The zero-order valence-electron chi connectivity index (χ0n) is 16.8. The molecule has 0 bridgehead atoms. The molecule has 0 aliphatic carbocycles. The molecule has 1 heterocycles. The Kier molecular flexibility index (Phi) is 5.85. The van der Waals surface area contributed by atoms with Gasteiger partial charge >= 0.3 is 0 Å². The van der Waals surface area contributed by atoms with Crippen LogP contribution >= 0.6 is 0 Å². The average Bonchev–Trinajstić information content (AvgIpc) is 3.00. The normalized spacial score (nSPS) is 15.4. The van der Waals surface area contributed by atoms with Gasteiger partial charge in [0.25, 0.3) is 0 Å². The van der Waals surface area contributed by atoms with E-state index in [-0.39, 0.29) is 0 Å². The maximum absolute atomic E-state index is 7.59. The van der Waals surface area contributed by atoms with Gasteiger partial charge in [-0.3, -0.25) is 4.99 Å². The molecule has 3 nitrogen and oxygen atoms in total.